The summed E-state index contributed by atoms with van der Waals surface area (Å²) < 4.78 is 1.91. The van der Waals surface area contributed by atoms with Gasteiger partial charge in [-0.05, 0) is 12.1 Å². The first-order valence-electron chi connectivity index (χ1n) is 6.65. The van der Waals surface area contributed by atoms with Crippen molar-refractivity contribution in [2.24, 2.45) is 5.73 Å². The number of hydrogen-bond donors (Lipinski definition) is 1. The maximum absolute atomic E-state index is 5.55. The summed E-state index contributed by atoms with van der Waals surface area (Å²) in [5.74, 6) is 0. The van der Waals surface area contributed by atoms with Gasteiger partial charge in [-0.2, -0.15) is 0 Å². The molecule has 0 amide bonds. The molecule has 0 unspecified atom stereocenters. The normalized spacial score (nSPS) is 14.9. The molecule has 2 aromatic heterocycles. The summed E-state index contributed by atoms with van der Waals surface area (Å²) >= 11 is 0. The Balaban J connectivity index is 0.000000169. The van der Waals surface area contributed by atoms with Gasteiger partial charge < -0.3 is 10.1 Å². The molecule has 3 nitrogen and oxygen atoms in total. The quantitative estimate of drug-likeness (QED) is 0.831. The highest BCUT2D eigenvalue weighted by Gasteiger charge is 1.96. The minimum absolute atomic E-state index is 0.575. The van der Waals surface area contributed by atoms with Crippen LogP contribution >= 0.6 is 0 Å². The first-order valence-corrected chi connectivity index (χ1v) is 6.65. The Morgan fingerprint density at radius 1 is 1.11 bits per heavy atom. The van der Waals surface area contributed by atoms with Gasteiger partial charge in [-0.3, -0.25) is 0 Å². The topological polar surface area (TPSA) is 43.3 Å². The summed E-state index contributed by atoms with van der Waals surface area (Å²) in [7, 11) is 0. The number of pyridine rings is 1. The molecular weight excluding hydrogens is 222 g/mol. The van der Waals surface area contributed by atoms with E-state index in [1.54, 1.807) is 6.20 Å². The summed E-state index contributed by atoms with van der Waals surface area (Å²) in [5.41, 5.74) is 7.97. The van der Waals surface area contributed by atoms with Crippen molar-refractivity contribution >= 4 is 11.3 Å². The molecule has 0 aromatic carbocycles. The highest BCUT2D eigenvalue weighted by molar-refractivity contribution is 5.61. The fraction of sp³-hybridized carbons (Fsp3) is 0.400. The van der Waals surface area contributed by atoms with Gasteiger partial charge in [0.2, 0.25) is 0 Å². The van der Waals surface area contributed by atoms with Crippen molar-refractivity contribution in [3.05, 3.63) is 42.9 Å². The molecule has 96 valence electrons. The van der Waals surface area contributed by atoms with E-state index in [-0.39, 0.29) is 0 Å². The van der Waals surface area contributed by atoms with E-state index in [0.29, 0.717) is 5.70 Å². The monoisotopic (exact) mass is 243 g/mol. The van der Waals surface area contributed by atoms with Gasteiger partial charge in [0.15, 0.2) is 0 Å². The largest absolute Gasteiger partial charge is 0.399 e. The lowest BCUT2D eigenvalue weighted by molar-refractivity contribution is 0.504. The summed E-state index contributed by atoms with van der Waals surface area (Å²) in [4.78, 5) is 4.11. The fourth-order valence-corrected chi connectivity index (χ4v) is 2.17. The predicted octanol–water partition coefficient (Wildman–Crippen LogP) is 3.60. The Kier molecular flexibility index (Phi) is 4.40. The van der Waals surface area contributed by atoms with Crippen LogP contribution in [0.4, 0.5) is 0 Å². The van der Waals surface area contributed by atoms with Crippen LogP contribution in [-0.2, 0) is 0 Å². The van der Waals surface area contributed by atoms with Crippen molar-refractivity contribution in [1.82, 2.24) is 9.38 Å². The Morgan fingerprint density at radius 2 is 1.72 bits per heavy atom. The van der Waals surface area contributed by atoms with Gasteiger partial charge in [0.1, 0.15) is 5.65 Å². The standard InChI is InChI=1S/C9H9N3.C6H12/c1-7(10)8-2-3-9-11-4-5-12(9)6-8;1-2-4-6-5-3-1/h2-6H,1,10H2;1-6H2. The van der Waals surface area contributed by atoms with E-state index in [2.05, 4.69) is 11.6 Å². The van der Waals surface area contributed by atoms with Gasteiger partial charge >= 0.3 is 0 Å². The smallest absolute Gasteiger partial charge is 0.136 e. The van der Waals surface area contributed by atoms with Gasteiger partial charge in [0.05, 0.1) is 0 Å². The van der Waals surface area contributed by atoms with E-state index in [1.165, 1.54) is 38.5 Å². The fourth-order valence-electron chi connectivity index (χ4n) is 2.17. The lowest BCUT2D eigenvalue weighted by Crippen LogP contribution is -1.95. The minimum Gasteiger partial charge on any atom is -0.399 e. The second-order valence-corrected chi connectivity index (χ2v) is 4.76. The molecule has 2 heterocycles. The Hall–Kier alpha value is -1.77. The molecule has 0 spiro atoms. The second kappa shape index (κ2) is 6.24. The molecule has 1 fully saturated rings. The molecule has 1 aliphatic rings. The van der Waals surface area contributed by atoms with Crippen LogP contribution in [0.3, 0.4) is 0 Å². The van der Waals surface area contributed by atoms with Crippen molar-refractivity contribution in [3.8, 4) is 0 Å². The number of fused-ring (bicyclic) bond motifs is 1. The molecule has 0 aliphatic heterocycles. The van der Waals surface area contributed by atoms with Crippen molar-refractivity contribution in [3.63, 3.8) is 0 Å². The van der Waals surface area contributed by atoms with Crippen molar-refractivity contribution in [2.45, 2.75) is 38.5 Å². The van der Waals surface area contributed by atoms with E-state index < -0.39 is 0 Å². The van der Waals surface area contributed by atoms with Crippen LogP contribution in [0.5, 0.6) is 0 Å². The Labute approximate surface area is 108 Å². The molecule has 0 atom stereocenters. The highest BCUT2D eigenvalue weighted by atomic mass is 15.0. The maximum atomic E-state index is 5.55. The molecule has 0 saturated heterocycles. The summed E-state index contributed by atoms with van der Waals surface area (Å²) in [5, 5.41) is 0. The Bertz CT molecular complexity index is 498. The molecule has 0 radical (unpaired) electrons. The summed E-state index contributed by atoms with van der Waals surface area (Å²) in [6, 6.07) is 3.82. The van der Waals surface area contributed by atoms with Crippen LogP contribution in [0, 0.1) is 0 Å². The second-order valence-electron chi connectivity index (χ2n) is 4.76. The average Bonchev–Trinajstić information content (AvgIpc) is 2.88. The summed E-state index contributed by atoms with van der Waals surface area (Å²) in [6.07, 6.45) is 14.5. The zero-order chi connectivity index (χ0) is 12.8. The van der Waals surface area contributed by atoms with Gasteiger partial charge in [0, 0.05) is 29.9 Å². The molecule has 3 rings (SSSR count). The molecule has 2 aromatic rings. The third-order valence-corrected chi connectivity index (χ3v) is 3.26. The zero-order valence-electron chi connectivity index (χ0n) is 10.8. The molecule has 0 bridgehead atoms. The number of hydrogen-bond acceptors (Lipinski definition) is 2. The van der Waals surface area contributed by atoms with E-state index in [1.807, 2.05) is 28.9 Å². The Morgan fingerprint density at radius 3 is 2.28 bits per heavy atom. The van der Waals surface area contributed by atoms with E-state index in [0.717, 1.165) is 11.2 Å². The first kappa shape index (κ1) is 12.7. The third-order valence-electron chi connectivity index (χ3n) is 3.26. The van der Waals surface area contributed by atoms with E-state index >= 15 is 0 Å². The molecule has 2 N–H and O–H groups in total. The molecule has 3 heteroatoms. The lowest BCUT2D eigenvalue weighted by Gasteiger charge is -2.05. The first-order chi connectivity index (χ1) is 8.77. The number of imidazole rings is 1. The van der Waals surface area contributed by atoms with Gasteiger partial charge in [0.25, 0.3) is 0 Å². The van der Waals surface area contributed by atoms with Crippen molar-refractivity contribution in [1.29, 1.82) is 0 Å². The van der Waals surface area contributed by atoms with Gasteiger partial charge in [-0.1, -0.05) is 45.1 Å². The van der Waals surface area contributed by atoms with Crippen molar-refractivity contribution in [2.75, 3.05) is 0 Å². The predicted molar refractivity (Wildman–Crippen MR) is 76.1 cm³/mol. The zero-order valence-corrected chi connectivity index (χ0v) is 10.8. The van der Waals surface area contributed by atoms with E-state index in [9.17, 15) is 0 Å². The van der Waals surface area contributed by atoms with E-state index in [4.69, 9.17) is 5.73 Å². The SMILES string of the molecule is C1CCCCC1.C=C(N)c1ccc2nccn2c1. The number of nitrogens with zero attached hydrogens (tertiary/aromatic N) is 2. The maximum Gasteiger partial charge on any atom is 0.136 e. The van der Waals surface area contributed by atoms with Crippen LogP contribution in [0.15, 0.2) is 37.3 Å². The lowest BCUT2D eigenvalue weighted by atomic mass is 10.0. The number of nitrogens with two attached hydrogens (primary N) is 1. The summed E-state index contributed by atoms with van der Waals surface area (Å²) in [6.45, 7) is 3.66. The highest BCUT2D eigenvalue weighted by Crippen LogP contribution is 2.15. The molecule has 1 aliphatic carbocycles. The van der Waals surface area contributed by atoms with Crippen molar-refractivity contribution < 1.29 is 0 Å². The van der Waals surface area contributed by atoms with Crippen LogP contribution in [0.2, 0.25) is 0 Å². The number of aromatic nitrogens is 2. The molecule has 18 heavy (non-hydrogen) atoms. The average molecular weight is 243 g/mol. The number of rotatable bonds is 1. The van der Waals surface area contributed by atoms with Crippen LogP contribution in [0.1, 0.15) is 44.1 Å². The minimum atomic E-state index is 0.575. The third kappa shape index (κ3) is 3.36. The van der Waals surface area contributed by atoms with Gasteiger partial charge in [-0.15, -0.1) is 0 Å². The van der Waals surface area contributed by atoms with Gasteiger partial charge in [-0.25, -0.2) is 4.98 Å². The van der Waals surface area contributed by atoms with Crippen LogP contribution < -0.4 is 5.73 Å². The molecular formula is C15H21N3. The van der Waals surface area contributed by atoms with Crippen LogP contribution in [-0.4, -0.2) is 9.38 Å². The molecule has 1 saturated carbocycles. The van der Waals surface area contributed by atoms with Crippen LogP contribution in [0.25, 0.3) is 11.3 Å².